The molecule has 2 aromatic heterocycles. The van der Waals surface area contributed by atoms with Gasteiger partial charge in [0.05, 0.1) is 24.3 Å². The van der Waals surface area contributed by atoms with Gasteiger partial charge in [-0.1, -0.05) is 13.8 Å². The molecule has 3 heterocycles. The molecule has 7 nitrogen and oxygen atoms in total. The van der Waals surface area contributed by atoms with Crippen molar-refractivity contribution in [1.82, 2.24) is 18.9 Å². The number of piperidine rings is 1. The third-order valence-electron chi connectivity index (χ3n) is 5.32. The first kappa shape index (κ1) is 18.9. The van der Waals surface area contributed by atoms with E-state index in [9.17, 15) is 4.79 Å². The molecule has 8 heteroatoms. The molecule has 1 aromatic carbocycles. The van der Waals surface area contributed by atoms with E-state index in [4.69, 9.17) is 4.74 Å². The highest BCUT2D eigenvalue weighted by atomic mass is 32.1. The Balaban J connectivity index is 1.43. The maximum absolute atomic E-state index is 12.8. The first-order valence-corrected chi connectivity index (χ1v) is 10.4. The Labute approximate surface area is 168 Å². The van der Waals surface area contributed by atoms with E-state index in [0.29, 0.717) is 35.0 Å². The lowest BCUT2D eigenvalue weighted by molar-refractivity contribution is 0.352. The fourth-order valence-corrected chi connectivity index (χ4v) is 4.43. The molecule has 0 spiro atoms. The lowest BCUT2D eigenvalue weighted by Gasteiger charge is -2.31. The number of benzene rings is 1. The van der Waals surface area contributed by atoms with Crippen LogP contribution in [0.25, 0.3) is 10.9 Å². The smallest absolute Gasteiger partial charge is 0.261 e. The second-order valence-electron chi connectivity index (χ2n) is 7.61. The Morgan fingerprint density at radius 2 is 2.07 bits per heavy atom. The van der Waals surface area contributed by atoms with Gasteiger partial charge in [0.1, 0.15) is 11.6 Å². The van der Waals surface area contributed by atoms with Gasteiger partial charge in [-0.2, -0.15) is 4.37 Å². The summed E-state index contributed by atoms with van der Waals surface area (Å²) in [5, 5.41) is 1.65. The van der Waals surface area contributed by atoms with Gasteiger partial charge in [0.25, 0.3) is 5.56 Å². The number of ether oxygens (including phenoxy) is 1. The molecule has 0 atom stereocenters. The largest absolute Gasteiger partial charge is 0.497 e. The molecule has 4 rings (SSSR count). The number of nitrogens with zero attached hydrogens (tertiary/aromatic N) is 5. The Kier molecular flexibility index (Phi) is 5.30. The van der Waals surface area contributed by atoms with E-state index < -0.39 is 0 Å². The van der Waals surface area contributed by atoms with E-state index in [1.807, 2.05) is 6.07 Å². The number of anilines is 1. The topological polar surface area (TPSA) is 73.1 Å². The summed E-state index contributed by atoms with van der Waals surface area (Å²) in [7, 11) is 1.61. The molecule has 0 saturated carbocycles. The molecule has 0 aliphatic carbocycles. The predicted molar refractivity (Wildman–Crippen MR) is 111 cm³/mol. The van der Waals surface area contributed by atoms with E-state index in [2.05, 4.69) is 33.1 Å². The van der Waals surface area contributed by atoms with E-state index in [0.717, 1.165) is 36.9 Å². The van der Waals surface area contributed by atoms with Crippen LogP contribution in [0.3, 0.4) is 0 Å². The van der Waals surface area contributed by atoms with Gasteiger partial charge in [0, 0.05) is 43.2 Å². The molecule has 0 radical (unpaired) electrons. The minimum atomic E-state index is 0.0146. The summed E-state index contributed by atoms with van der Waals surface area (Å²) in [4.78, 5) is 24.2. The lowest BCUT2D eigenvalue weighted by atomic mass is 9.97. The van der Waals surface area contributed by atoms with Crippen molar-refractivity contribution in [3.05, 3.63) is 40.7 Å². The molecule has 148 valence electrons. The Morgan fingerprint density at radius 3 is 2.75 bits per heavy atom. The van der Waals surface area contributed by atoms with Crippen LogP contribution in [0.5, 0.6) is 5.75 Å². The van der Waals surface area contributed by atoms with Crippen molar-refractivity contribution < 1.29 is 4.74 Å². The van der Waals surface area contributed by atoms with E-state index in [-0.39, 0.29) is 5.56 Å². The van der Waals surface area contributed by atoms with Gasteiger partial charge in [0.15, 0.2) is 0 Å². The first-order valence-electron chi connectivity index (χ1n) is 9.67. The zero-order valence-electron chi connectivity index (χ0n) is 16.5. The summed E-state index contributed by atoms with van der Waals surface area (Å²) in [6, 6.07) is 5.40. The zero-order valence-corrected chi connectivity index (χ0v) is 17.3. The summed E-state index contributed by atoms with van der Waals surface area (Å²) in [6.45, 7) is 6.83. The van der Waals surface area contributed by atoms with Crippen LogP contribution < -0.4 is 15.2 Å². The quantitative estimate of drug-likeness (QED) is 0.655. The van der Waals surface area contributed by atoms with Crippen molar-refractivity contribution in [2.24, 2.45) is 5.92 Å². The van der Waals surface area contributed by atoms with E-state index in [1.54, 1.807) is 30.1 Å². The molecule has 28 heavy (non-hydrogen) atoms. The molecular weight excluding hydrogens is 374 g/mol. The molecule has 1 saturated heterocycles. The van der Waals surface area contributed by atoms with Gasteiger partial charge in [-0.25, -0.2) is 9.97 Å². The number of fused-ring (bicyclic) bond motifs is 1. The van der Waals surface area contributed by atoms with Crippen molar-refractivity contribution in [2.75, 3.05) is 25.1 Å². The summed E-state index contributed by atoms with van der Waals surface area (Å²) >= 11 is 1.49. The van der Waals surface area contributed by atoms with Gasteiger partial charge in [-0.05, 0) is 30.9 Å². The van der Waals surface area contributed by atoms with Crippen molar-refractivity contribution in [2.45, 2.75) is 39.2 Å². The van der Waals surface area contributed by atoms with Crippen LogP contribution in [-0.2, 0) is 6.54 Å². The molecule has 0 amide bonds. The average Bonchev–Trinajstić information content (AvgIpc) is 3.21. The van der Waals surface area contributed by atoms with Crippen LogP contribution in [0, 0.1) is 5.92 Å². The van der Waals surface area contributed by atoms with Crippen LogP contribution >= 0.6 is 11.5 Å². The van der Waals surface area contributed by atoms with Crippen molar-refractivity contribution in [3.63, 3.8) is 0 Å². The molecule has 3 aromatic rings. The maximum Gasteiger partial charge on any atom is 0.261 e. The van der Waals surface area contributed by atoms with Gasteiger partial charge < -0.3 is 9.64 Å². The first-order chi connectivity index (χ1) is 13.5. The van der Waals surface area contributed by atoms with Gasteiger partial charge >= 0.3 is 0 Å². The fourth-order valence-electron chi connectivity index (χ4n) is 3.57. The van der Waals surface area contributed by atoms with E-state index in [1.165, 1.54) is 11.5 Å². The SMILES string of the molecule is COc1ccc2c(=O)n(CC3CCN(c4nc(C(C)C)ns4)CC3)cnc2c1. The summed E-state index contributed by atoms with van der Waals surface area (Å²) in [6.07, 6.45) is 3.73. The number of aromatic nitrogens is 4. The minimum Gasteiger partial charge on any atom is -0.497 e. The Hall–Kier alpha value is -2.48. The highest BCUT2D eigenvalue weighted by Gasteiger charge is 2.23. The van der Waals surface area contributed by atoms with E-state index >= 15 is 0 Å². The fraction of sp³-hybridized carbons (Fsp3) is 0.500. The van der Waals surface area contributed by atoms with Gasteiger partial charge in [-0.3, -0.25) is 9.36 Å². The van der Waals surface area contributed by atoms with Crippen molar-refractivity contribution in [1.29, 1.82) is 0 Å². The highest BCUT2D eigenvalue weighted by Crippen LogP contribution is 2.27. The third-order valence-corrected chi connectivity index (χ3v) is 6.11. The van der Waals surface area contributed by atoms with Crippen molar-refractivity contribution >= 4 is 27.6 Å². The summed E-state index contributed by atoms with van der Waals surface area (Å²) in [5.41, 5.74) is 0.688. The van der Waals surface area contributed by atoms with Crippen LogP contribution in [0.4, 0.5) is 5.13 Å². The van der Waals surface area contributed by atoms with Gasteiger partial charge in [0.2, 0.25) is 5.13 Å². The zero-order chi connectivity index (χ0) is 19.7. The van der Waals surface area contributed by atoms with Crippen LogP contribution in [-0.4, -0.2) is 39.1 Å². The average molecular weight is 400 g/mol. The standard InChI is InChI=1S/C20H25N5O2S/c1-13(2)18-22-20(28-23-18)24-8-6-14(7-9-24)11-25-12-21-17-10-15(27-3)4-5-16(17)19(25)26/h4-5,10,12-14H,6-9,11H2,1-3H3. The second-order valence-corrected chi connectivity index (χ2v) is 8.34. The molecule has 1 aliphatic rings. The molecular formula is C20H25N5O2S. The van der Waals surface area contributed by atoms with Crippen LogP contribution in [0.1, 0.15) is 38.4 Å². The normalized spacial score (nSPS) is 15.5. The number of methoxy groups -OCH3 is 1. The molecule has 1 aliphatic heterocycles. The Bertz CT molecular complexity index is 1020. The van der Waals surface area contributed by atoms with Gasteiger partial charge in [-0.15, -0.1) is 0 Å². The predicted octanol–water partition coefficient (Wildman–Crippen LogP) is 3.30. The Morgan fingerprint density at radius 1 is 1.29 bits per heavy atom. The molecule has 0 N–H and O–H groups in total. The molecule has 0 bridgehead atoms. The summed E-state index contributed by atoms with van der Waals surface area (Å²) < 4.78 is 11.4. The molecule has 0 unspecified atom stereocenters. The second kappa shape index (κ2) is 7.87. The van der Waals surface area contributed by atoms with Crippen LogP contribution in [0.2, 0.25) is 0 Å². The summed E-state index contributed by atoms with van der Waals surface area (Å²) in [5.74, 6) is 2.45. The third kappa shape index (κ3) is 3.73. The number of hydrogen-bond acceptors (Lipinski definition) is 7. The number of rotatable bonds is 5. The van der Waals surface area contributed by atoms with Crippen LogP contribution in [0.15, 0.2) is 29.3 Å². The number of hydrogen-bond donors (Lipinski definition) is 0. The molecule has 1 fully saturated rings. The maximum atomic E-state index is 12.8. The minimum absolute atomic E-state index is 0.0146. The van der Waals surface area contributed by atoms with Crippen molar-refractivity contribution in [3.8, 4) is 5.75 Å². The lowest BCUT2D eigenvalue weighted by Crippen LogP contribution is -2.36. The highest BCUT2D eigenvalue weighted by molar-refractivity contribution is 7.09. The monoisotopic (exact) mass is 399 g/mol.